The first-order chi connectivity index (χ1) is 25.1. The van der Waals surface area contributed by atoms with Crippen molar-refractivity contribution in [3.05, 3.63) is 75.4 Å². The summed E-state index contributed by atoms with van der Waals surface area (Å²) >= 11 is 13.9. The molecule has 3 amide bonds. The summed E-state index contributed by atoms with van der Waals surface area (Å²) in [5, 5.41) is 9.86. The number of fused-ring (bicyclic) bond motifs is 1. The number of hydrogen-bond acceptors (Lipinski definition) is 9. The van der Waals surface area contributed by atoms with Crippen LogP contribution >= 0.6 is 23.2 Å². The van der Waals surface area contributed by atoms with Crippen LogP contribution in [0.25, 0.3) is 22.5 Å². The van der Waals surface area contributed by atoms with Crippen molar-refractivity contribution >= 4 is 46.6 Å². The van der Waals surface area contributed by atoms with Crippen molar-refractivity contribution in [3.8, 4) is 28.4 Å². The van der Waals surface area contributed by atoms with Crippen LogP contribution in [-0.4, -0.2) is 93.4 Å². The Kier molecular flexibility index (Phi) is 10.5. The van der Waals surface area contributed by atoms with E-state index in [0.717, 1.165) is 42.9 Å². The third kappa shape index (κ3) is 7.23. The van der Waals surface area contributed by atoms with Gasteiger partial charge in [-0.15, -0.1) is 0 Å². The number of amides is 3. The molecule has 272 valence electrons. The van der Waals surface area contributed by atoms with Gasteiger partial charge in [0, 0.05) is 80.7 Å². The number of methoxy groups -OCH3 is 1. The molecule has 15 heteroatoms. The van der Waals surface area contributed by atoms with E-state index in [9.17, 15) is 14.4 Å². The van der Waals surface area contributed by atoms with Crippen LogP contribution < -0.4 is 20.7 Å². The topological polar surface area (TPSA) is 147 Å². The predicted octanol–water partition coefficient (Wildman–Crippen LogP) is 4.32. The van der Waals surface area contributed by atoms with Gasteiger partial charge >= 0.3 is 0 Å². The number of nitrogens with zero attached hydrogens (tertiary/aromatic N) is 6. The highest BCUT2D eigenvalue weighted by molar-refractivity contribution is 6.39. The molecular weight excluding hydrogens is 705 g/mol. The lowest BCUT2D eigenvalue weighted by Crippen LogP contribution is -2.40. The van der Waals surface area contributed by atoms with Crippen molar-refractivity contribution in [1.82, 2.24) is 40.0 Å². The highest BCUT2D eigenvalue weighted by Gasteiger charge is 2.34. The number of hydrogen-bond donors (Lipinski definition) is 3. The summed E-state index contributed by atoms with van der Waals surface area (Å²) in [5.74, 6) is 0.511. The van der Waals surface area contributed by atoms with Crippen LogP contribution in [0.2, 0.25) is 10.0 Å². The van der Waals surface area contributed by atoms with Crippen molar-refractivity contribution < 1.29 is 19.1 Å². The van der Waals surface area contributed by atoms with E-state index in [4.69, 9.17) is 32.9 Å². The molecule has 0 aliphatic carbocycles. The molecule has 52 heavy (non-hydrogen) atoms. The number of carbonyl (C=O) groups is 3. The number of benzene rings is 1. The van der Waals surface area contributed by atoms with Gasteiger partial charge < -0.3 is 35.1 Å². The summed E-state index contributed by atoms with van der Waals surface area (Å²) in [6, 6.07) is 11.0. The minimum atomic E-state index is -0.419. The summed E-state index contributed by atoms with van der Waals surface area (Å²) in [4.78, 5) is 56.4. The van der Waals surface area contributed by atoms with Gasteiger partial charge in [-0.25, -0.2) is 9.97 Å². The van der Waals surface area contributed by atoms with Crippen LogP contribution in [-0.2, 0) is 36.1 Å². The molecule has 13 nitrogen and oxygen atoms in total. The number of aromatic nitrogens is 4. The summed E-state index contributed by atoms with van der Waals surface area (Å²) < 4.78 is 7.42. The maximum atomic E-state index is 13.6. The third-order valence-electron chi connectivity index (χ3n) is 10.1. The zero-order chi connectivity index (χ0) is 36.5. The number of ether oxygens (including phenoxy) is 1. The molecule has 7 rings (SSSR count). The van der Waals surface area contributed by atoms with Gasteiger partial charge in [-0.3, -0.25) is 19.4 Å². The average Bonchev–Trinajstić information content (AvgIpc) is 3.87. The number of anilines is 1. The predicted molar refractivity (Wildman–Crippen MR) is 198 cm³/mol. The highest BCUT2D eigenvalue weighted by atomic mass is 35.5. The molecular formula is C37H41Cl2N9O4. The Balaban J connectivity index is 1.07. The summed E-state index contributed by atoms with van der Waals surface area (Å²) in [6.45, 7) is 3.84. The van der Waals surface area contributed by atoms with Crippen molar-refractivity contribution in [1.29, 1.82) is 0 Å². The molecule has 0 bridgehead atoms. The molecule has 2 atom stereocenters. The molecule has 0 saturated carbocycles. The second-order valence-corrected chi connectivity index (χ2v) is 14.3. The van der Waals surface area contributed by atoms with Crippen molar-refractivity contribution in [2.75, 3.05) is 45.7 Å². The van der Waals surface area contributed by atoms with Gasteiger partial charge in [-0.2, -0.15) is 0 Å². The molecule has 2 fully saturated rings. The minimum Gasteiger partial charge on any atom is -0.481 e. The Hall–Kier alpha value is -4.56. The number of likely N-dealkylation sites (tertiary alicyclic amines) is 1. The lowest BCUT2D eigenvalue weighted by Gasteiger charge is -2.29. The normalized spacial score (nSPS) is 18.7. The van der Waals surface area contributed by atoms with Crippen LogP contribution in [0, 0.1) is 5.92 Å². The number of pyridine rings is 2. The lowest BCUT2D eigenvalue weighted by atomic mass is 10.0. The first-order valence-electron chi connectivity index (χ1n) is 17.4. The van der Waals surface area contributed by atoms with E-state index < -0.39 is 5.91 Å². The fourth-order valence-electron chi connectivity index (χ4n) is 7.28. The van der Waals surface area contributed by atoms with Crippen LogP contribution in [0.15, 0.2) is 42.6 Å². The fraction of sp³-hybridized carbons (Fsp3) is 0.405. The van der Waals surface area contributed by atoms with Crippen molar-refractivity contribution in [3.63, 3.8) is 0 Å². The van der Waals surface area contributed by atoms with Gasteiger partial charge in [0.1, 0.15) is 0 Å². The minimum absolute atomic E-state index is 0.00261. The highest BCUT2D eigenvalue weighted by Crippen LogP contribution is 2.40. The molecule has 3 aliphatic rings. The average molecular weight is 747 g/mol. The summed E-state index contributed by atoms with van der Waals surface area (Å²) in [7, 11) is 5.42. The zero-order valence-electron chi connectivity index (χ0n) is 29.3. The third-order valence-corrected chi connectivity index (χ3v) is 10.9. The Morgan fingerprint density at radius 3 is 2.62 bits per heavy atom. The van der Waals surface area contributed by atoms with E-state index in [1.54, 1.807) is 42.1 Å². The summed E-state index contributed by atoms with van der Waals surface area (Å²) in [5.41, 5.74) is 5.11. The van der Waals surface area contributed by atoms with E-state index >= 15 is 0 Å². The number of halogens is 2. The smallest absolute Gasteiger partial charge is 0.291 e. The van der Waals surface area contributed by atoms with Gasteiger partial charge in [-0.05, 0) is 44.6 Å². The van der Waals surface area contributed by atoms with E-state index in [2.05, 4.69) is 30.8 Å². The molecule has 3 N–H and O–H groups in total. The maximum Gasteiger partial charge on any atom is 0.291 e. The van der Waals surface area contributed by atoms with Crippen LogP contribution in [0.4, 0.5) is 5.69 Å². The molecule has 0 spiro atoms. The standard InChI is InChI=1S/C37H41Cl2N9O4/c1-46-15-12-22(19-46)37(51)48-16-13-29-28(20-48)43-34(47(29)2)35(50)44-27-6-4-5-25(31(27)38)33-32(39)24(11-14-41-33)26-9-7-21(36(45-26)52-3)17-40-18-23-8-10-30(49)42-23/h4-7,9,11,14,22-23,40H,8,10,12-13,15-20H2,1-3H3,(H,42,49)(H,44,50)/t22-,23-/m0/s1. The van der Waals surface area contributed by atoms with E-state index in [1.807, 2.05) is 31.1 Å². The largest absolute Gasteiger partial charge is 0.481 e. The monoisotopic (exact) mass is 745 g/mol. The van der Waals surface area contributed by atoms with Crippen LogP contribution in [0.1, 0.15) is 46.8 Å². The fourth-order valence-corrected chi connectivity index (χ4v) is 7.85. The van der Waals surface area contributed by atoms with Gasteiger partial charge in [-0.1, -0.05) is 41.4 Å². The van der Waals surface area contributed by atoms with E-state index in [1.165, 1.54) is 0 Å². The van der Waals surface area contributed by atoms with Gasteiger partial charge in [0.05, 0.1) is 52.4 Å². The van der Waals surface area contributed by atoms with Gasteiger partial charge in [0.25, 0.3) is 5.91 Å². The van der Waals surface area contributed by atoms with Crippen molar-refractivity contribution in [2.45, 2.75) is 44.8 Å². The van der Waals surface area contributed by atoms with E-state index in [0.29, 0.717) is 78.1 Å². The molecule has 4 aromatic rings. The van der Waals surface area contributed by atoms with Crippen molar-refractivity contribution in [2.24, 2.45) is 13.0 Å². The Morgan fingerprint density at radius 1 is 1.02 bits per heavy atom. The Labute approximate surface area is 312 Å². The number of imidazole rings is 1. The second kappa shape index (κ2) is 15.2. The number of carbonyl (C=O) groups excluding carboxylic acids is 3. The molecule has 0 radical (unpaired) electrons. The zero-order valence-corrected chi connectivity index (χ0v) is 30.9. The quantitative estimate of drug-likeness (QED) is 0.216. The first-order valence-corrected chi connectivity index (χ1v) is 18.2. The van der Waals surface area contributed by atoms with Crippen LogP contribution in [0.3, 0.4) is 0 Å². The Morgan fingerprint density at radius 2 is 1.87 bits per heavy atom. The molecule has 0 unspecified atom stereocenters. The number of nitrogens with one attached hydrogen (secondary N) is 3. The molecule has 3 aliphatic heterocycles. The summed E-state index contributed by atoms with van der Waals surface area (Å²) in [6.07, 6.45) is 4.49. The lowest BCUT2D eigenvalue weighted by molar-refractivity contribution is -0.136. The molecule has 1 aromatic carbocycles. The van der Waals surface area contributed by atoms with Gasteiger partial charge in [0.15, 0.2) is 5.82 Å². The second-order valence-electron chi connectivity index (χ2n) is 13.6. The maximum absolute atomic E-state index is 13.6. The first kappa shape index (κ1) is 35.8. The molecule has 3 aromatic heterocycles. The van der Waals surface area contributed by atoms with Gasteiger partial charge in [0.2, 0.25) is 17.7 Å². The molecule has 6 heterocycles. The van der Waals surface area contributed by atoms with E-state index in [-0.39, 0.29) is 34.6 Å². The molecule has 2 saturated heterocycles. The SMILES string of the molecule is COc1nc(-c2ccnc(-c3cccc(NC(=O)c4nc5c(n4C)CCN(C(=O)[C@H]4CCN(C)C4)C5)c3Cl)c2Cl)ccc1CNC[C@@H]1CCC(=O)N1. The Bertz CT molecular complexity index is 2040. The number of rotatable bonds is 10. The van der Waals surface area contributed by atoms with Crippen LogP contribution in [0.5, 0.6) is 5.88 Å².